The van der Waals surface area contributed by atoms with Crippen molar-refractivity contribution >= 4 is 17.7 Å². The summed E-state index contributed by atoms with van der Waals surface area (Å²) in [5.41, 5.74) is 0.118. The first kappa shape index (κ1) is 7.14. The third-order valence-electron chi connectivity index (χ3n) is 0.960. The second kappa shape index (κ2) is 2.74. The molecule has 0 amide bonds. The Kier molecular flexibility index (Phi) is 1.96. The van der Waals surface area contributed by atoms with E-state index in [1.807, 2.05) is 0 Å². The van der Waals surface area contributed by atoms with Gasteiger partial charge < -0.3 is 9.63 Å². The van der Waals surface area contributed by atoms with Gasteiger partial charge in [0.2, 0.25) is 0 Å². The van der Waals surface area contributed by atoms with Crippen molar-refractivity contribution in [3.63, 3.8) is 0 Å². The van der Waals surface area contributed by atoms with Crippen LogP contribution in [0.1, 0.15) is 10.4 Å². The molecule has 0 saturated heterocycles. The zero-order valence-corrected chi connectivity index (χ0v) is 6.01. The highest BCUT2D eigenvalue weighted by atomic mass is 32.2. The van der Waals surface area contributed by atoms with Crippen molar-refractivity contribution in [3.8, 4) is 0 Å². The molecule has 1 rings (SSSR count). The Hall–Kier alpha value is -0.970. The number of thioether (sulfide) groups is 1. The zero-order valence-electron chi connectivity index (χ0n) is 5.20. The molecule has 54 valence electrons. The van der Waals surface area contributed by atoms with Gasteiger partial charge in [0.05, 0.1) is 0 Å². The number of hydrogen-bond acceptors (Lipinski definition) is 4. The van der Waals surface area contributed by atoms with Gasteiger partial charge in [-0.05, 0) is 6.26 Å². The Morgan fingerprint density at radius 2 is 2.60 bits per heavy atom. The topological polar surface area (TPSA) is 63.3 Å². The third kappa shape index (κ3) is 1.13. The highest BCUT2D eigenvalue weighted by Crippen LogP contribution is 2.17. The molecule has 0 bridgehead atoms. The first-order valence-corrected chi connectivity index (χ1v) is 3.70. The number of aromatic carboxylic acids is 1. The number of carbonyl (C=O) groups is 1. The summed E-state index contributed by atoms with van der Waals surface area (Å²) in [6.45, 7) is 0. The van der Waals surface area contributed by atoms with Crippen molar-refractivity contribution in [2.45, 2.75) is 5.03 Å². The molecule has 5 heteroatoms. The molecular weight excluding hydrogens is 154 g/mol. The molecule has 0 aromatic carbocycles. The van der Waals surface area contributed by atoms with E-state index in [-0.39, 0.29) is 5.56 Å². The van der Waals surface area contributed by atoms with Gasteiger partial charge in [-0.1, -0.05) is 5.16 Å². The van der Waals surface area contributed by atoms with Gasteiger partial charge in [-0.15, -0.1) is 11.8 Å². The molecular formula is C5H5NO3S. The molecule has 1 aromatic heterocycles. The lowest BCUT2D eigenvalue weighted by molar-refractivity contribution is 0.0692. The Morgan fingerprint density at radius 1 is 1.90 bits per heavy atom. The predicted molar refractivity (Wildman–Crippen MR) is 35.2 cm³/mol. The lowest BCUT2D eigenvalue weighted by Gasteiger charge is -1.86. The quantitative estimate of drug-likeness (QED) is 0.654. The number of nitrogens with zero attached hydrogens (tertiary/aromatic N) is 1. The largest absolute Gasteiger partial charge is 0.477 e. The van der Waals surface area contributed by atoms with E-state index in [2.05, 4.69) is 9.68 Å². The fraction of sp³-hybridized carbons (Fsp3) is 0.200. The van der Waals surface area contributed by atoms with Crippen molar-refractivity contribution in [1.29, 1.82) is 0 Å². The van der Waals surface area contributed by atoms with E-state index in [4.69, 9.17) is 5.11 Å². The molecule has 0 aliphatic rings. The number of carboxylic acid groups (broad SMARTS) is 1. The molecule has 4 nitrogen and oxygen atoms in total. The first-order chi connectivity index (χ1) is 4.75. The Labute approximate surface area is 61.2 Å². The fourth-order valence-electron chi connectivity index (χ4n) is 0.516. The van der Waals surface area contributed by atoms with Crippen LogP contribution in [-0.2, 0) is 0 Å². The SMILES string of the molecule is CSc1nocc1C(=O)O. The lowest BCUT2D eigenvalue weighted by Crippen LogP contribution is -1.94. The highest BCUT2D eigenvalue weighted by Gasteiger charge is 2.12. The van der Waals surface area contributed by atoms with Gasteiger partial charge >= 0.3 is 5.97 Å². The molecule has 0 aliphatic heterocycles. The molecule has 1 heterocycles. The van der Waals surface area contributed by atoms with Gasteiger partial charge in [0.15, 0.2) is 5.03 Å². The second-order valence-corrected chi connectivity index (χ2v) is 2.34. The van der Waals surface area contributed by atoms with Crippen LogP contribution in [0.4, 0.5) is 0 Å². The average molecular weight is 159 g/mol. The first-order valence-electron chi connectivity index (χ1n) is 2.47. The van der Waals surface area contributed by atoms with Crippen LogP contribution in [0.25, 0.3) is 0 Å². The van der Waals surface area contributed by atoms with Crippen molar-refractivity contribution < 1.29 is 14.4 Å². The number of aromatic nitrogens is 1. The summed E-state index contributed by atoms with van der Waals surface area (Å²) < 4.78 is 4.45. The molecule has 0 saturated carbocycles. The maximum atomic E-state index is 10.3. The minimum Gasteiger partial charge on any atom is -0.477 e. The molecule has 1 aromatic rings. The van der Waals surface area contributed by atoms with Gasteiger partial charge in [0.25, 0.3) is 0 Å². The van der Waals surface area contributed by atoms with Crippen LogP contribution in [-0.4, -0.2) is 22.5 Å². The van der Waals surface area contributed by atoms with Gasteiger partial charge in [-0.2, -0.15) is 0 Å². The minimum absolute atomic E-state index is 0.118. The lowest BCUT2D eigenvalue weighted by atomic mass is 10.4. The number of rotatable bonds is 2. The third-order valence-corrected chi connectivity index (χ3v) is 1.64. The van der Waals surface area contributed by atoms with Crippen LogP contribution < -0.4 is 0 Å². The summed E-state index contributed by atoms with van der Waals surface area (Å²) in [7, 11) is 0. The Morgan fingerprint density at radius 3 is 3.00 bits per heavy atom. The van der Waals surface area contributed by atoms with E-state index >= 15 is 0 Å². The Balaban J connectivity index is 3.01. The molecule has 0 atom stereocenters. The van der Waals surface area contributed by atoms with Crippen LogP contribution in [0.5, 0.6) is 0 Å². The normalized spacial score (nSPS) is 9.70. The molecule has 0 fully saturated rings. The predicted octanol–water partition coefficient (Wildman–Crippen LogP) is 1.09. The zero-order chi connectivity index (χ0) is 7.56. The van der Waals surface area contributed by atoms with Crippen molar-refractivity contribution in [3.05, 3.63) is 11.8 Å². The second-order valence-electron chi connectivity index (χ2n) is 1.54. The maximum Gasteiger partial charge on any atom is 0.341 e. The van der Waals surface area contributed by atoms with Crippen molar-refractivity contribution in [2.75, 3.05) is 6.26 Å². The molecule has 0 unspecified atom stereocenters. The summed E-state index contributed by atoms with van der Waals surface area (Å²) in [5.74, 6) is -1.01. The summed E-state index contributed by atoms with van der Waals surface area (Å²) >= 11 is 1.24. The van der Waals surface area contributed by atoms with Crippen LogP contribution in [0.3, 0.4) is 0 Å². The monoisotopic (exact) mass is 159 g/mol. The molecule has 10 heavy (non-hydrogen) atoms. The minimum atomic E-state index is -1.01. The molecule has 1 N–H and O–H groups in total. The summed E-state index contributed by atoms with van der Waals surface area (Å²) in [4.78, 5) is 10.3. The van der Waals surface area contributed by atoms with E-state index < -0.39 is 5.97 Å². The van der Waals surface area contributed by atoms with Gasteiger partial charge in [0.1, 0.15) is 11.8 Å². The van der Waals surface area contributed by atoms with E-state index in [0.29, 0.717) is 5.03 Å². The van der Waals surface area contributed by atoms with Gasteiger partial charge in [-0.3, -0.25) is 0 Å². The Bertz CT molecular complexity index is 245. The van der Waals surface area contributed by atoms with E-state index in [0.717, 1.165) is 6.26 Å². The summed E-state index contributed by atoms with van der Waals surface area (Å²) in [6.07, 6.45) is 2.86. The molecule has 0 aliphatic carbocycles. The highest BCUT2D eigenvalue weighted by molar-refractivity contribution is 7.98. The molecule has 0 radical (unpaired) electrons. The van der Waals surface area contributed by atoms with E-state index in [1.54, 1.807) is 6.26 Å². The van der Waals surface area contributed by atoms with Crippen LogP contribution in [0.2, 0.25) is 0 Å². The van der Waals surface area contributed by atoms with E-state index in [9.17, 15) is 4.79 Å². The van der Waals surface area contributed by atoms with Gasteiger partial charge in [-0.25, -0.2) is 4.79 Å². The fourth-order valence-corrected chi connectivity index (χ4v) is 0.989. The van der Waals surface area contributed by atoms with E-state index in [1.165, 1.54) is 11.8 Å². The standard InChI is InChI=1S/C5H5NO3S/c1-10-4-3(5(7)8)2-9-6-4/h2H,1H3,(H,7,8). The summed E-state index contributed by atoms with van der Waals surface area (Å²) in [6, 6.07) is 0. The van der Waals surface area contributed by atoms with Crippen LogP contribution >= 0.6 is 11.8 Å². The summed E-state index contributed by atoms with van der Waals surface area (Å²) in [5, 5.41) is 12.3. The van der Waals surface area contributed by atoms with Crippen LogP contribution in [0.15, 0.2) is 15.8 Å². The smallest absolute Gasteiger partial charge is 0.341 e. The van der Waals surface area contributed by atoms with Crippen molar-refractivity contribution in [2.24, 2.45) is 0 Å². The number of hydrogen-bond donors (Lipinski definition) is 1. The van der Waals surface area contributed by atoms with Crippen molar-refractivity contribution in [1.82, 2.24) is 5.16 Å². The van der Waals surface area contributed by atoms with Gasteiger partial charge in [0, 0.05) is 0 Å². The number of carboxylic acids is 1. The molecule has 0 spiro atoms. The van der Waals surface area contributed by atoms with Crippen LogP contribution in [0, 0.1) is 0 Å². The maximum absolute atomic E-state index is 10.3. The average Bonchev–Trinajstić information content (AvgIpc) is 2.33.